The van der Waals surface area contributed by atoms with Gasteiger partial charge in [0.15, 0.2) is 0 Å². The molecule has 0 aromatic heterocycles. The molecule has 0 radical (unpaired) electrons. The third-order valence-corrected chi connectivity index (χ3v) is 6.72. The van der Waals surface area contributed by atoms with E-state index >= 15 is 0 Å². The first-order chi connectivity index (χ1) is 12.2. The van der Waals surface area contributed by atoms with E-state index in [0.717, 1.165) is 21.7 Å². The molecule has 2 heteroatoms. The van der Waals surface area contributed by atoms with Crippen LogP contribution in [0.15, 0.2) is 48.5 Å². The van der Waals surface area contributed by atoms with Crippen LogP contribution in [0.5, 0.6) is 0 Å². The van der Waals surface area contributed by atoms with Crippen LogP contribution in [0.3, 0.4) is 0 Å². The van der Waals surface area contributed by atoms with Crippen LogP contribution in [0.1, 0.15) is 49.9 Å². The number of rotatable bonds is 0. The summed E-state index contributed by atoms with van der Waals surface area (Å²) < 4.78 is 13.9. The van der Waals surface area contributed by atoms with Crippen molar-refractivity contribution in [3.63, 3.8) is 0 Å². The Morgan fingerprint density at radius 1 is 0.692 bits per heavy atom. The minimum absolute atomic E-state index is 0.0997. The van der Waals surface area contributed by atoms with Crippen molar-refractivity contribution in [2.75, 3.05) is 0 Å². The molecule has 0 bridgehead atoms. The van der Waals surface area contributed by atoms with Gasteiger partial charge in [-0.2, -0.15) is 0 Å². The van der Waals surface area contributed by atoms with Gasteiger partial charge in [0, 0.05) is 21.4 Å². The normalized spacial score (nSPS) is 17.5. The summed E-state index contributed by atoms with van der Waals surface area (Å²) >= 11 is 6.61. The average Bonchev–Trinajstić information content (AvgIpc) is 2.94. The smallest absolute Gasteiger partial charge is 0.123 e. The van der Waals surface area contributed by atoms with Crippen molar-refractivity contribution in [3.05, 3.63) is 81.6 Å². The highest BCUT2D eigenvalue weighted by molar-refractivity contribution is 6.34. The van der Waals surface area contributed by atoms with Crippen molar-refractivity contribution < 1.29 is 4.39 Å². The van der Waals surface area contributed by atoms with Crippen LogP contribution >= 0.6 is 11.6 Å². The third-order valence-electron chi connectivity index (χ3n) is 6.41. The second-order valence-electron chi connectivity index (χ2n) is 8.55. The summed E-state index contributed by atoms with van der Waals surface area (Å²) in [6.07, 6.45) is 0. The van der Waals surface area contributed by atoms with Crippen LogP contribution in [0.25, 0.3) is 22.3 Å². The van der Waals surface area contributed by atoms with Crippen LogP contribution in [0, 0.1) is 5.82 Å². The Kier molecular flexibility index (Phi) is 2.96. The highest BCUT2D eigenvalue weighted by Crippen LogP contribution is 2.57. The molecule has 0 atom stereocenters. The zero-order chi connectivity index (χ0) is 18.4. The van der Waals surface area contributed by atoms with E-state index in [9.17, 15) is 4.39 Å². The van der Waals surface area contributed by atoms with Crippen molar-refractivity contribution in [2.45, 2.75) is 38.5 Å². The van der Waals surface area contributed by atoms with Gasteiger partial charge in [-0.1, -0.05) is 57.5 Å². The largest absolute Gasteiger partial charge is 0.207 e. The lowest BCUT2D eigenvalue weighted by molar-refractivity contribution is 0.609. The molecule has 3 aromatic rings. The van der Waals surface area contributed by atoms with Crippen LogP contribution in [0.4, 0.5) is 4.39 Å². The van der Waals surface area contributed by atoms with Gasteiger partial charge < -0.3 is 0 Å². The topological polar surface area (TPSA) is 0 Å². The van der Waals surface area contributed by atoms with E-state index in [-0.39, 0.29) is 16.6 Å². The first-order valence-electron chi connectivity index (χ1n) is 9.01. The second-order valence-corrected chi connectivity index (χ2v) is 8.95. The number of hydrogen-bond acceptors (Lipinski definition) is 0. The number of benzene rings is 3. The van der Waals surface area contributed by atoms with Gasteiger partial charge in [0.2, 0.25) is 0 Å². The van der Waals surface area contributed by atoms with Crippen molar-refractivity contribution >= 4 is 11.6 Å². The maximum Gasteiger partial charge on any atom is 0.123 e. The zero-order valence-electron chi connectivity index (χ0n) is 15.4. The molecule has 26 heavy (non-hydrogen) atoms. The number of hydrogen-bond donors (Lipinski definition) is 0. The lowest BCUT2D eigenvalue weighted by atomic mass is 9.79. The molecule has 0 unspecified atom stereocenters. The van der Waals surface area contributed by atoms with Crippen molar-refractivity contribution in [1.29, 1.82) is 0 Å². The summed E-state index contributed by atoms with van der Waals surface area (Å²) in [6.45, 7) is 8.87. The molecule has 0 saturated heterocycles. The standard InChI is InChI=1S/C24H20ClF/c1-23(2)17-6-5-7-21(25)22(17)16-12-19-15(11-20(16)23)14-9-8-13(26)10-18(14)24(19,3)4/h5-12H,1-4H3. The minimum atomic E-state index is -0.226. The summed E-state index contributed by atoms with van der Waals surface area (Å²) in [4.78, 5) is 0. The van der Waals surface area contributed by atoms with Gasteiger partial charge in [0.05, 0.1) is 0 Å². The van der Waals surface area contributed by atoms with Gasteiger partial charge in [-0.05, 0) is 69.3 Å². The predicted molar refractivity (Wildman–Crippen MR) is 107 cm³/mol. The molecule has 0 aliphatic heterocycles. The van der Waals surface area contributed by atoms with Crippen LogP contribution < -0.4 is 0 Å². The van der Waals surface area contributed by atoms with E-state index in [1.165, 1.54) is 27.8 Å². The van der Waals surface area contributed by atoms with Crippen LogP contribution in [0.2, 0.25) is 5.02 Å². The Balaban J connectivity index is 1.87. The summed E-state index contributed by atoms with van der Waals surface area (Å²) in [5.41, 5.74) is 9.30. The monoisotopic (exact) mass is 362 g/mol. The van der Waals surface area contributed by atoms with E-state index in [1.807, 2.05) is 18.2 Å². The Morgan fingerprint density at radius 3 is 2.08 bits per heavy atom. The Hall–Kier alpha value is -2.12. The molecule has 2 aliphatic carbocycles. The number of fused-ring (bicyclic) bond motifs is 6. The number of halogens is 2. The molecule has 0 N–H and O–H groups in total. The van der Waals surface area contributed by atoms with E-state index < -0.39 is 0 Å². The van der Waals surface area contributed by atoms with Crippen LogP contribution in [-0.2, 0) is 10.8 Å². The molecule has 5 rings (SSSR count). The molecular weight excluding hydrogens is 343 g/mol. The first kappa shape index (κ1) is 16.1. The molecule has 3 aromatic carbocycles. The fourth-order valence-electron chi connectivity index (χ4n) is 4.94. The maximum absolute atomic E-state index is 13.9. The molecule has 0 spiro atoms. The van der Waals surface area contributed by atoms with Gasteiger partial charge in [0.1, 0.15) is 5.82 Å². The van der Waals surface area contributed by atoms with Crippen molar-refractivity contribution in [3.8, 4) is 22.3 Å². The highest BCUT2D eigenvalue weighted by Gasteiger charge is 2.42. The minimum Gasteiger partial charge on any atom is -0.207 e. The molecule has 0 nitrogen and oxygen atoms in total. The maximum atomic E-state index is 13.9. The molecule has 0 amide bonds. The van der Waals surface area contributed by atoms with E-state index in [1.54, 1.807) is 12.1 Å². The summed E-state index contributed by atoms with van der Waals surface area (Å²) in [6, 6.07) is 16.0. The van der Waals surface area contributed by atoms with Gasteiger partial charge in [-0.3, -0.25) is 0 Å². The van der Waals surface area contributed by atoms with Crippen molar-refractivity contribution in [1.82, 2.24) is 0 Å². The fraction of sp³-hybridized carbons (Fsp3) is 0.250. The van der Waals surface area contributed by atoms with Gasteiger partial charge >= 0.3 is 0 Å². The van der Waals surface area contributed by atoms with Gasteiger partial charge in [-0.25, -0.2) is 4.39 Å². The molecule has 2 aliphatic rings. The molecule has 130 valence electrons. The molecular formula is C24H20ClF. The van der Waals surface area contributed by atoms with Gasteiger partial charge in [-0.15, -0.1) is 0 Å². The third kappa shape index (κ3) is 1.80. The summed E-state index contributed by atoms with van der Waals surface area (Å²) in [7, 11) is 0. The van der Waals surface area contributed by atoms with Crippen LogP contribution in [-0.4, -0.2) is 0 Å². The highest BCUT2D eigenvalue weighted by atomic mass is 35.5. The predicted octanol–water partition coefficient (Wildman–Crippen LogP) is 7.09. The summed E-state index contributed by atoms with van der Waals surface area (Å²) in [5, 5.41) is 0.800. The van der Waals surface area contributed by atoms with E-state index in [2.05, 4.69) is 45.9 Å². The van der Waals surface area contributed by atoms with Gasteiger partial charge in [0.25, 0.3) is 0 Å². The zero-order valence-corrected chi connectivity index (χ0v) is 16.1. The lowest BCUT2D eigenvalue weighted by Gasteiger charge is -2.24. The average molecular weight is 363 g/mol. The first-order valence-corrected chi connectivity index (χ1v) is 9.39. The lowest BCUT2D eigenvalue weighted by Crippen LogP contribution is -2.17. The summed E-state index contributed by atoms with van der Waals surface area (Å²) in [5.74, 6) is -0.175. The molecule has 0 saturated carbocycles. The Labute approximate surface area is 158 Å². The van der Waals surface area contributed by atoms with E-state index in [0.29, 0.717) is 0 Å². The second kappa shape index (κ2) is 4.78. The Morgan fingerprint density at radius 2 is 1.31 bits per heavy atom. The van der Waals surface area contributed by atoms with E-state index in [4.69, 9.17) is 11.6 Å². The fourth-order valence-corrected chi connectivity index (χ4v) is 5.22. The molecule has 0 fully saturated rings. The Bertz CT molecular complexity index is 1110. The molecule has 0 heterocycles. The SMILES string of the molecule is CC1(C)c2cc(F)ccc2-c2cc3c(cc21)-c1c(Cl)cccc1C3(C)C. The van der Waals surface area contributed by atoms with Crippen molar-refractivity contribution in [2.24, 2.45) is 0 Å². The quantitative estimate of drug-likeness (QED) is 0.400.